The molecule has 1 aromatic carbocycles. The van der Waals surface area contributed by atoms with Crippen LogP contribution < -0.4 is 5.32 Å². The highest BCUT2D eigenvalue weighted by Crippen LogP contribution is 2.37. The molecule has 2 aliphatic rings. The molecule has 0 radical (unpaired) electrons. The number of nitrogens with zero attached hydrogens (tertiary/aromatic N) is 3. The van der Waals surface area contributed by atoms with Crippen molar-refractivity contribution >= 4 is 5.91 Å². The van der Waals surface area contributed by atoms with E-state index in [9.17, 15) is 4.79 Å². The van der Waals surface area contributed by atoms with Gasteiger partial charge in [-0.1, -0.05) is 24.3 Å². The molecular formula is C20H26N4O. The van der Waals surface area contributed by atoms with Crippen molar-refractivity contribution in [1.29, 1.82) is 0 Å². The number of imidazole rings is 1. The molecule has 5 nitrogen and oxygen atoms in total. The molecule has 1 fully saturated rings. The van der Waals surface area contributed by atoms with Gasteiger partial charge in [-0.2, -0.15) is 0 Å². The number of benzene rings is 1. The Labute approximate surface area is 149 Å². The SMILES string of the molecule is CCN1C(=O)C[C@@H](CNC2Cc3ccccc3C2)[C@@H]1c1nccn1C. The maximum atomic E-state index is 12.5. The number of aromatic nitrogens is 2. The van der Waals surface area contributed by atoms with Crippen LogP contribution >= 0.6 is 0 Å². The molecule has 25 heavy (non-hydrogen) atoms. The van der Waals surface area contributed by atoms with Gasteiger partial charge in [-0.15, -0.1) is 0 Å². The average Bonchev–Trinajstić information content (AvgIpc) is 3.28. The molecule has 1 amide bonds. The minimum atomic E-state index is 0.0776. The van der Waals surface area contributed by atoms with E-state index in [1.165, 1.54) is 11.1 Å². The Morgan fingerprint density at radius 3 is 2.52 bits per heavy atom. The number of nitrogens with one attached hydrogen (secondary N) is 1. The van der Waals surface area contributed by atoms with Crippen LogP contribution in [0.4, 0.5) is 0 Å². The molecule has 0 spiro atoms. The van der Waals surface area contributed by atoms with Gasteiger partial charge in [0.15, 0.2) is 0 Å². The molecule has 132 valence electrons. The molecule has 4 rings (SSSR count). The number of carbonyl (C=O) groups excluding carboxylic acids is 1. The third-order valence-corrected chi connectivity index (χ3v) is 5.72. The second-order valence-corrected chi connectivity index (χ2v) is 7.27. The van der Waals surface area contributed by atoms with Gasteiger partial charge in [0.05, 0.1) is 6.04 Å². The van der Waals surface area contributed by atoms with E-state index in [0.29, 0.717) is 12.5 Å². The minimum Gasteiger partial charge on any atom is -0.336 e. The lowest BCUT2D eigenvalue weighted by molar-refractivity contribution is -0.128. The average molecular weight is 338 g/mol. The van der Waals surface area contributed by atoms with Gasteiger partial charge in [-0.25, -0.2) is 4.98 Å². The Balaban J connectivity index is 1.46. The van der Waals surface area contributed by atoms with Crippen molar-refractivity contribution < 1.29 is 4.79 Å². The van der Waals surface area contributed by atoms with E-state index in [1.54, 1.807) is 0 Å². The van der Waals surface area contributed by atoms with E-state index in [-0.39, 0.29) is 17.9 Å². The first-order valence-corrected chi connectivity index (χ1v) is 9.24. The van der Waals surface area contributed by atoms with Crippen LogP contribution in [-0.2, 0) is 24.7 Å². The zero-order chi connectivity index (χ0) is 17.4. The van der Waals surface area contributed by atoms with Gasteiger partial charge >= 0.3 is 0 Å². The van der Waals surface area contributed by atoms with Crippen LogP contribution in [0.3, 0.4) is 0 Å². The molecule has 1 aliphatic carbocycles. The number of likely N-dealkylation sites (tertiary alicyclic amines) is 1. The fourth-order valence-electron chi connectivity index (χ4n) is 4.45. The Morgan fingerprint density at radius 2 is 1.92 bits per heavy atom. The third kappa shape index (κ3) is 2.97. The summed E-state index contributed by atoms with van der Waals surface area (Å²) in [4.78, 5) is 19.0. The van der Waals surface area contributed by atoms with Crippen molar-refractivity contribution in [2.75, 3.05) is 13.1 Å². The Bertz CT molecular complexity index is 744. The molecule has 2 aromatic rings. The van der Waals surface area contributed by atoms with Crippen LogP contribution in [-0.4, -0.2) is 39.5 Å². The van der Waals surface area contributed by atoms with Crippen LogP contribution in [0.2, 0.25) is 0 Å². The van der Waals surface area contributed by atoms with Crippen LogP contribution in [0, 0.1) is 5.92 Å². The summed E-state index contributed by atoms with van der Waals surface area (Å²) in [6, 6.07) is 9.25. The fourth-order valence-corrected chi connectivity index (χ4v) is 4.45. The van der Waals surface area contributed by atoms with Crippen LogP contribution in [0.25, 0.3) is 0 Å². The predicted octanol–water partition coefficient (Wildman–Crippen LogP) is 2.09. The van der Waals surface area contributed by atoms with E-state index in [1.807, 2.05) is 28.9 Å². The van der Waals surface area contributed by atoms with Crippen LogP contribution in [0.5, 0.6) is 0 Å². The van der Waals surface area contributed by atoms with Gasteiger partial charge in [0.2, 0.25) is 5.91 Å². The number of rotatable bonds is 5. The first-order chi connectivity index (χ1) is 12.2. The summed E-state index contributed by atoms with van der Waals surface area (Å²) in [6.07, 6.45) is 6.56. The van der Waals surface area contributed by atoms with Gasteiger partial charge in [0, 0.05) is 50.9 Å². The van der Waals surface area contributed by atoms with Gasteiger partial charge in [0.1, 0.15) is 5.82 Å². The molecule has 1 aromatic heterocycles. The number of carbonyl (C=O) groups is 1. The second-order valence-electron chi connectivity index (χ2n) is 7.27. The Kier molecular flexibility index (Phi) is 4.34. The molecule has 0 saturated carbocycles. The maximum absolute atomic E-state index is 12.5. The molecule has 2 heterocycles. The topological polar surface area (TPSA) is 50.2 Å². The van der Waals surface area contributed by atoms with E-state index < -0.39 is 0 Å². The standard InChI is InChI=1S/C20H26N4O/c1-3-24-18(25)12-16(19(24)20-21-8-9-23(20)2)13-22-17-10-14-6-4-5-7-15(14)11-17/h4-9,16-17,19,22H,3,10-13H2,1-2H3/t16-,19+/m0/s1. The van der Waals surface area contributed by atoms with E-state index in [0.717, 1.165) is 31.8 Å². The maximum Gasteiger partial charge on any atom is 0.223 e. The van der Waals surface area contributed by atoms with Gasteiger partial charge < -0.3 is 14.8 Å². The highest BCUT2D eigenvalue weighted by atomic mass is 16.2. The molecular weight excluding hydrogens is 312 g/mol. The second kappa shape index (κ2) is 6.64. The van der Waals surface area contributed by atoms with Crippen molar-refractivity contribution in [1.82, 2.24) is 19.8 Å². The monoisotopic (exact) mass is 338 g/mol. The number of hydrogen-bond donors (Lipinski definition) is 1. The zero-order valence-electron chi connectivity index (χ0n) is 15.0. The molecule has 0 bridgehead atoms. The molecule has 1 N–H and O–H groups in total. The predicted molar refractivity (Wildman–Crippen MR) is 97.1 cm³/mol. The summed E-state index contributed by atoms with van der Waals surface area (Å²) in [6.45, 7) is 3.65. The van der Waals surface area contributed by atoms with Crippen molar-refractivity contribution in [2.24, 2.45) is 13.0 Å². The molecule has 0 unspecified atom stereocenters. The van der Waals surface area contributed by atoms with Crippen molar-refractivity contribution in [2.45, 2.75) is 38.3 Å². The van der Waals surface area contributed by atoms with Gasteiger partial charge in [-0.05, 0) is 30.9 Å². The third-order valence-electron chi connectivity index (χ3n) is 5.72. The largest absolute Gasteiger partial charge is 0.336 e. The van der Waals surface area contributed by atoms with Gasteiger partial charge in [0.25, 0.3) is 0 Å². The molecule has 2 atom stereocenters. The number of hydrogen-bond acceptors (Lipinski definition) is 3. The highest BCUT2D eigenvalue weighted by molar-refractivity contribution is 5.79. The first kappa shape index (κ1) is 16.3. The normalized spacial score (nSPS) is 23.4. The highest BCUT2D eigenvalue weighted by Gasteiger charge is 2.41. The number of amides is 1. The fraction of sp³-hybridized carbons (Fsp3) is 0.500. The lowest BCUT2D eigenvalue weighted by atomic mass is 9.98. The molecule has 1 aliphatic heterocycles. The lowest BCUT2D eigenvalue weighted by Crippen LogP contribution is -2.37. The lowest BCUT2D eigenvalue weighted by Gasteiger charge is -2.27. The summed E-state index contributed by atoms with van der Waals surface area (Å²) >= 11 is 0. The summed E-state index contributed by atoms with van der Waals surface area (Å²) in [5, 5.41) is 3.73. The minimum absolute atomic E-state index is 0.0776. The summed E-state index contributed by atoms with van der Waals surface area (Å²) in [5.41, 5.74) is 2.91. The molecule has 5 heteroatoms. The van der Waals surface area contributed by atoms with Crippen molar-refractivity contribution in [3.63, 3.8) is 0 Å². The van der Waals surface area contributed by atoms with E-state index in [4.69, 9.17) is 0 Å². The van der Waals surface area contributed by atoms with Crippen LogP contribution in [0.15, 0.2) is 36.7 Å². The quantitative estimate of drug-likeness (QED) is 0.908. The van der Waals surface area contributed by atoms with E-state index in [2.05, 4.69) is 41.5 Å². The first-order valence-electron chi connectivity index (χ1n) is 9.24. The number of aryl methyl sites for hydroxylation is 1. The summed E-state index contributed by atoms with van der Waals surface area (Å²) < 4.78 is 2.05. The van der Waals surface area contributed by atoms with E-state index >= 15 is 0 Å². The molecule has 1 saturated heterocycles. The van der Waals surface area contributed by atoms with Crippen LogP contribution in [0.1, 0.15) is 36.3 Å². The Morgan fingerprint density at radius 1 is 1.20 bits per heavy atom. The number of fused-ring (bicyclic) bond motifs is 1. The Hall–Kier alpha value is -2.14. The van der Waals surface area contributed by atoms with Gasteiger partial charge in [-0.3, -0.25) is 4.79 Å². The van der Waals surface area contributed by atoms with Crippen molar-refractivity contribution in [3.05, 3.63) is 53.6 Å². The van der Waals surface area contributed by atoms with Crippen molar-refractivity contribution in [3.8, 4) is 0 Å². The summed E-state index contributed by atoms with van der Waals surface area (Å²) in [5.74, 6) is 1.52. The zero-order valence-corrected chi connectivity index (χ0v) is 15.0. The summed E-state index contributed by atoms with van der Waals surface area (Å²) in [7, 11) is 2.01. The smallest absolute Gasteiger partial charge is 0.223 e.